The van der Waals surface area contributed by atoms with Crippen molar-refractivity contribution in [1.29, 1.82) is 0 Å². The Labute approximate surface area is 119 Å². The molecule has 0 saturated heterocycles. The van der Waals surface area contributed by atoms with Crippen LogP contribution in [0.2, 0.25) is 0 Å². The van der Waals surface area contributed by atoms with Crippen molar-refractivity contribution >= 4 is 28.2 Å². The van der Waals surface area contributed by atoms with Gasteiger partial charge in [0.25, 0.3) is 0 Å². The van der Waals surface area contributed by atoms with Gasteiger partial charge >= 0.3 is 0 Å². The summed E-state index contributed by atoms with van der Waals surface area (Å²) in [6.07, 6.45) is 4.04. The van der Waals surface area contributed by atoms with E-state index < -0.39 is 6.10 Å². The highest BCUT2D eigenvalue weighted by Crippen LogP contribution is 2.29. The third-order valence-corrected chi connectivity index (χ3v) is 4.68. The molecule has 0 fully saturated rings. The second-order valence-corrected chi connectivity index (χ2v) is 5.89. The van der Waals surface area contributed by atoms with Crippen molar-refractivity contribution in [2.24, 2.45) is 5.92 Å². The van der Waals surface area contributed by atoms with Crippen LogP contribution in [0.4, 0.5) is 0 Å². The normalized spacial score (nSPS) is 15.7. The van der Waals surface area contributed by atoms with Gasteiger partial charge in [-0.15, -0.1) is 18.3 Å². The van der Waals surface area contributed by atoms with Crippen molar-refractivity contribution in [3.05, 3.63) is 48.6 Å². The van der Waals surface area contributed by atoms with Gasteiger partial charge in [0.2, 0.25) is 0 Å². The SMILES string of the molecule is C=CC[C@H](C(=S)SC)[C@@H](O)[C@H](C)c1ccccc1. The van der Waals surface area contributed by atoms with Crippen molar-refractivity contribution in [3.8, 4) is 0 Å². The van der Waals surface area contributed by atoms with Crippen LogP contribution in [0, 0.1) is 5.92 Å². The highest BCUT2D eigenvalue weighted by molar-refractivity contribution is 8.22. The number of benzene rings is 1. The molecule has 1 aromatic rings. The zero-order chi connectivity index (χ0) is 13.5. The van der Waals surface area contributed by atoms with Gasteiger partial charge in [0.15, 0.2) is 0 Å². The van der Waals surface area contributed by atoms with Crippen LogP contribution in [0.5, 0.6) is 0 Å². The second kappa shape index (κ2) is 7.72. The summed E-state index contributed by atoms with van der Waals surface area (Å²) >= 11 is 6.88. The van der Waals surface area contributed by atoms with Gasteiger partial charge in [0, 0.05) is 11.8 Å². The first-order chi connectivity index (χ1) is 8.61. The number of thioether (sulfide) groups is 1. The third-order valence-electron chi connectivity index (χ3n) is 3.17. The molecule has 0 aliphatic heterocycles. The number of aliphatic hydroxyl groups excluding tert-OH is 1. The zero-order valence-corrected chi connectivity index (χ0v) is 12.5. The fourth-order valence-electron chi connectivity index (χ4n) is 2.01. The van der Waals surface area contributed by atoms with Gasteiger partial charge in [-0.25, -0.2) is 0 Å². The lowest BCUT2D eigenvalue weighted by Crippen LogP contribution is -2.30. The summed E-state index contributed by atoms with van der Waals surface area (Å²) in [4.78, 5) is 0. The van der Waals surface area contributed by atoms with Gasteiger partial charge in [-0.1, -0.05) is 55.5 Å². The summed E-state index contributed by atoms with van der Waals surface area (Å²) in [6.45, 7) is 5.79. The average molecular weight is 280 g/mol. The second-order valence-electron chi connectivity index (χ2n) is 4.34. The summed E-state index contributed by atoms with van der Waals surface area (Å²) in [6, 6.07) is 10.1. The van der Waals surface area contributed by atoms with Gasteiger partial charge in [-0.2, -0.15) is 0 Å². The minimum Gasteiger partial charge on any atom is -0.392 e. The lowest BCUT2D eigenvalue weighted by Gasteiger charge is -2.27. The summed E-state index contributed by atoms with van der Waals surface area (Å²) < 4.78 is 0.852. The Morgan fingerprint density at radius 1 is 1.44 bits per heavy atom. The molecule has 0 spiro atoms. The third kappa shape index (κ3) is 3.94. The first kappa shape index (κ1) is 15.4. The largest absolute Gasteiger partial charge is 0.392 e. The molecule has 0 aliphatic rings. The van der Waals surface area contributed by atoms with Gasteiger partial charge in [-0.3, -0.25) is 0 Å². The summed E-state index contributed by atoms with van der Waals surface area (Å²) in [7, 11) is 0. The number of hydrogen-bond acceptors (Lipinski definition) is 3. The lowest BCUT2D eigenvalue weighted by molar-refractivity contribution is 0.117. The van der Waals surface area contributed by atoms with Crippen molar-refractivity contribution in [1.82, 2.24) is 0 Å². The molecular weight excluding hydrogens is 260 g/mol. The Bertz CT molecular complexity index is 389. The maximum absolute atomic E-state index is 10.5. The molecular formula is C15H20OS2. The lowest BCUT2D eigenvalue weighted by atomic mass is 9.86. The number of hydrogen-bond donors (Lipinski definition) is 1. The maximum atomic E-state index is 10.5. The van der Waals surface area contributed by atoms with E-state index in [-0.39, 0.29) is 11.8 Å². The van der Waals surface area contributed by atoms with Crippen LogP contribution in [0.15, 0.2) is 43.0 Å². The molecule has 0 heterocycles. The number of thiocarbonyl (C=S) groups is 1. The maximum Gasteiger partial charge on any atom is 0.0690 e. The minimum absolute atomic E-state index is 0.0114. The van der Waals surface area contributed by atoms with E-state index in [0.29, 0.717) is 0 Å². The molecule has 3 heteroatoms. The average Bonchev–Trinajstić information content (AvgIpc) is 2.43. The van der Waals surface area contributed by atoms with Crippen LogP contribution in [-0.4, -0.2) is 21.7 Å². The number of aliphatic hydroxyl groups is 1. The molecule has 3 atom stereocenters. The van der Waals surface area contributed by atoms with Crippen molar-refractivity contribution in [3.63, 3.8) is 0 Å². The Hall–Kier alpha value is -0.640. The number of allylic oxidation sites excluding steroid dienone is 1. The Morgan fingerprint density at radius 3 is 2.56 bits per heavy atom. The molecule has 0 amide bonds. The Morgan fingerprint density at radius 2 is 2.06 bits per heavy atom. The molecule has 1 rings (SSSR count). The highest BCUT2D eigenvalue weighted by Gasteiger charge is 2.27. The van der Waals surface area contributed by atoms with Gasteiger partial charge in [0.1, 0.15) is 0 Å². The first-order valence-corrected chi connectivity index (χ1v) is 7.66. The molecule has 1 nitrogen and oxygen atoms in total. The van der Waals surface area contributed by atoms with Gasteiger partial charge in [0.05, 0.1) is 10.3 Å². The molecule has 0 unspecified atom stereocenters. The predicted octanol–water partition coefficient (Wildman–Crippen LogP) is 4.03. The first-order valence-electron chi connectivity index (χ1n) is 6.03. The molecule has 0 saturated carbocycles. The zero-order valence-electron chi connectivity index (χ0n) is 10.9. The summed E-state index contributed by atoms with van der Waals surface area (Å²) in [5, 5.41) is 10.5. The monoisotopic (exact) mass is 280 g/mol. The smallest absolute Gasteiger partial charge is 0.0690 e. The fourth-order valence-corrected chi connectivity index (χ4v) is 2.78. The van der Waals surface area contributed by atoms with Crippen LogP contribution >= 0.6 is 24.0 Å². The van der Waals surface area contributed by atoms with Crippen LogP contribution in [-0.2, 0) is 0 Å². The Balaban J connectivity index is 2.85. The van der Waals surface area contributed by atoms with E-state index >= 15 is 0 Å². The molecule has 1 N–H and O–H groups in total. The van der Waals surface area contributed by atoms with E-state index in [2.05, 4.69) is 6.58 Å². The van der Waals surface area contributed by atoms with E-state index in [1.807, 2.05) is 49.6 Å². The molecule has 98 valence electrons. The van der Waals surface area contributed by atoms with Crippen molar-refractivity contribution < 1.29 is 5.11 Å². The van der Waals surface area contributed by atoms with Crippen LogP contribution in [0.25, 0.3) is 0 Å². The van der Waals surface area contributed by atoms with E-state index in [9.17, 15) is 5.11 Å². The molecule has 1 aromatic carbocycles. The van der Waals surface area contributed by atoms with Crippen molar-refractivity contribution in [2.45, 2.75) is 25.4 Å². The number of rotatable bonds is 6. The van der Waals surface area contributed by atoms with E-state index in [0.717, 1.165) is 16.2 Å². The van der Waals surface area contributed by atoms with E-state index in [4.69, 9.17) is 12.2 Å². The van der Waals surface area contributed by atoms with E-state index in [1.165, 1.54) is 11.8 Å². The van der Waals surface area contributed by atoms with E-state index in [1.54, 1.807) is 0 Å². The molecule has 18 heavy (non-hydrogen) atoms. The van der Waals surface area contributed by atoms with Crippen LogP contribution < -0.4 is 0 Å². The van der Waals surface area contributed by atoms with Gasteiger partial charge < -0.3 is 5.11 Å². The predicted molar refractivity (Wildman–Crippen MR) is 85.3 cm³/mol. The van der Waals surface area contributed by atoms with Crippen LogP contribution in [0.3, 0.4) is 0 Å². The minimum atomic E-state index is -0.467. The van der Waals surface area contributed by atoms with Gasteiger partial charge in [-0.05, 0) is 18.2 Å². The fraction of sp³-hybridized carbons (Fsp3) is 0.400. The standard InChI is InChI=1S/C15H20OS2/c1-4-8-13(15(17)18-3)14(16)11(2)12-9-6-5-7-10-12/h4-7,9-11,13-14,16H,1,8H2,2-3H3/t11-,13+,14+/m1/s1. The molecule has 0 aliphatic carbocycles. The topological polar surface area (TPSA) is 20.2 Å². The molecule has 0 aromatic heterocycles. The molecule has 0 bridgehead atoms. The highest BCUT2D eigenvalue weighted by atomic mass is 32.2. The summed E-state index contributed by atoms with van der Waals surface area (Å²) in [5.41, 5.74) is 1.14. The quantitative estimate of drug-likeness (QED) is 0.627. The van der Waals surface area contributed by atoms with Crippen molar-refractivity contribution in [2.75, 3.05) is 6.26 Å². The molecule has 0 radical (unpaired) electrons. The van der Waals surface area contributed by atoms with Crippen LogP contribution in [0.1, 0.15) is 24.8 Å². The Kier molecular flexibility index (Phi) is 6.61. The summed E-state index contributed by atoms with van der Waals surface area (Å²) in [5.74, 6) is 0.0592.